The minimum Gasteiger partial charge on any atom is -0.386 e. The quantitative estimate of drug-likeness (QED) is 0.676. The van der Waals surface area contributed by atoms with E-state index in [4.69, 9.17) is 0 Å². The smallest absolute Gasteiger partial charge is 0.220 e. The highest BCUT2D eigenvalue weighted by Gasteiger charge is 2.12. The van der Waals surface area contributed by atoms with Gasteiger partial charge in [0.2, 0.25) is 5.91 Å². The first-order valence-electron chi connectivity index (χ1n) is 7.68. The largest absolute Gasteiger partial charge is 0.386 e. The van der Waals surface area contributed by atoms with E-state index in [2.05, 4.69) is 16.8 Å². The van der Waals surface area contributed by atoms with Crippen LogP contribution in [0.5, 0.6) is 0 Å². The van der Waals surface area contributed by atoms with Gasteiger partial charge < -0.3 is 10.4 Å². The summed E-state index contributed by atoms with van der Waals surface area (Å²) in [6, 6.07) is 14.2. The number of hydrogen-bond acceptors (Lipinski definition) is 4. The van der Waals surface area contributed by atoms with Gasteiger partial charge in [0.15, 0.2) is 0 Å². The zero-order valence-electron chi connectivity index (χ0n) is 12.7. The SMILES string of the molecule is O=C(CCCc1cccs1)NCC(O)c1cc2ccccc2s1. The molecule has 0 saturated heterocycles. The van der Waals surface area contributed by atoms with Crippen LogP contribution in [0.4, 0.5) is 0 Å². The van der Waals surface area contributed by atoms with Gasteiger partial charge in [0.05, 0.1) is 0 Å². The van der Waals surface area contributed by atoms with E-state index < -0.39 is 6.10 Å². The molecule has 0 spiro atoms. The molecule has 0 saturated carbocycles. The fourth-order valence-corrected chi connectivity index (χ4v) is 4.25. The molecular formula is C18H19NO2S2. The summed E-state index contributed by atoms with van der Waals surface area (Å²) in [5, 5.41) is 16.3. The lowest BCUT2D eigenvalue weighted by atomic mass is 10.2. The Kier molecular flexibility index (Phi) is 5.43. The van der Waals surface area contributed by atoms with Crippen molar-refractivity contribution in [1.29, 1.82) is 0 Å². The van der Waals surface area contributed by atoms with Crippen LogP contribution in [0, 0.1) is 0 Å². The number of benzene rings is 1. The lowest BCUT2D eigenvalue weighted by molar-refractivity contribution is -0.121. The standard InChI is InChI=1S/C18H19NO2S2/c20-15(17-11-13-5-1-2-8-16(13)23-17)12-19-18(21)9-3-6-14-7-4-10-22-14/h1-2,4-5,7-8,10-11,15,20H,3,6,9,12H2,(H,19,21). The van der Waals surface area contributed by atoms with E-state index in [0.717, 1.165) is 27.8 Å². The van der Waals surface area contributed by atoms with E-state index in [1.54, 1.807) is 22.7 Å². The topological polar surface area (TPSA) is 49.3 Å². The van der Waals surface area contributed by atoms with Crippen molar-refractivity contribution in [3.63, 3.8) is 0 Å². The summed E-state index contributed by atoms with van der Waals surface area (Å²) in [6.07, 6.45) is 1.63. The van der Waals surface area contributed by atoms with Gasteiger partial charge in [-0.2, -0.15) is 0 Å². The molecule has 0 fully saturated rings. The minimum atomic E-state index is -0.645. The molecule has 0 aliphatic rings. The van der Waals surface area contributed by atoms with Crippen molar-refractivity contribution in [2.75, 3.05) is 6.54 Å². The van der Waals surface area contributed by atoms with Gasteiger partial charge in [-0.25, -0.2) is 0 Å². The second-order valence-corrected chi connectivity index (χ2v) is 7.59. The molecular weight excluding hydrogens is 326 g/mol. The van der Waals surface area contributed by atoms with Gasteiger partial charge in [0, 0.05) is 27.4 Å². The monoisotopic (exact) mass is 345 g/mol. The summed E-state index contributed by atoms with van der Waals surface area (Å²) < 4.78 is 1.16. The molecule has 23 heavy (non-hydrogen) atoms. The molecule has 0 aliphatic carbocycles. The molecule has 5 heteroatoms. The van der Waals surface area contributed by atoms with Crippen LogP contribution in [-0.2, 0) is 11.2 Å². The number of amides is 1. The Morgan fingerprint density at radius 1 is 1.22 bits per heavy atom. The molecule has 3 nitrogen and oxygen atoms in total. The molecule has 120 valence electrons. The fourth-order valence-electron chi connectivity index (χ4n) is 2.44. The van der Waals surface area contributed by atoms with E-state index in [1.165, 1.54) is 4.88 Å². The maximum atomic E-state index is 11.9. The second-order valence-electron chi connectivity index (χ2n) is 5.44. The van der Waals surface area contributed by atoms with Gasteiger partial charge >= 0.3 is 0 Å². The van der Waals surface area contributed by atoms with Crippen LogP contribution >= 0.6 is 22.7 Å². The molecule has 0 radical (unpaired) electrons. The molecule has 1 unspecified atom stereocenters. The van der Waals surface area contributed by atoms with Crippen LogP contribution in [0.1, 0.15) is 28.7 Å². The summed E-state index contributed by atoms with van der Waals surface area (Å²) in [4.78, 5) is 14.1. The average molecular weight is 345 g/mol. The van der Waals surface area contributed by atoms with E-state index in [-0.39, 0.29) is 12.5 Å². The highest BCUT2D eigenvalue weighted by atomic mass is 32.1. The van der Waals surface area contributed by atoms with Crippen molar-refractivity contribution in [2.45, 2.75) is 25.4 Å². The summed E-state index contributed by atoms with van der Waals surface area (Å²) in [5.74, 6) is 0.00159. The van der Waals surface area contributed by atoms with Crippen LogP contribution in [0.3, 0.4) is 0 Å². The minimum absolute atomic E-state index is 0.00159. The number of nitrogens with one attached hydrogen (secondary N) is 1. The lowest BCUT2D eigenvalue weighted by Crippen LogP contribution is -2.27. The highest BCUT2D eigenvalue weighted by molar-refractivity contribution is 7.19. The summed E-state index contributed by atoms with van der Waals surface area (Å²) in [5.41, 5.74) is 0. The number of aliphatic hydroxyl groups is 1. The molecule has 2 aromatic heterocycles. The van der Waals surface area contributed by atoms with Crippen molar-refractivity contribution in [1.82, 2.24) is 5.32 Å². The zero-order chi connectivity index (χ0) is 16.1. The van der Waals surface area contributed by atoms with Gasteiger partial charge in [-0.1, -0.05) is 24.3 Å². The van der Waals surface area contributed by atoms with Crippen molar-refractivity contribution in [3.05, 3.63) is 57.6 Å². The van der Waals surface area contributed by atoms with Crippen molar-refractivity contribution < 1.29 is 9.90 Å². The number of carbonyl (C=O) groups is 1. The predicted molar refractivity (Wildman–Crippen MR) is 97.1 cm³/mol. The summed E-state index contributed by atoms with van der Waals surface area (Å²) in [6.45, 7) is 0.269. The molecule has 1 aromatic carbocycles. The molecule has 0 aliphatic heterocycles. The van der Waals surface area contributed by atoms with Crippen LogP contribution in [0.2, 0.25) is 0 Å². The van der Waals surface area contributed by atoms with Gasteiger partial charge in [0.25, 0.3) is 0 Å². The summed E-state index contributed by atoms with van der Waals surface area (Å²) >= 11 is 3.29. The van der Waals surface area contributed by atoms with E-state index in [9.17, 15) is 9.90 Å². The Balaban J connectivity index is 1.44. The average Bonchev–Trinajstić information content (AvgIpc) is 3.21. The molecule has 3 rings (SSSR count). The molecule has 1 atom stereocenters. The van der Waals surface area contributed by atoms with Crippen LogP contribution < -0.4 is 5.32 Å². The predicted octanol–water partition coefficient (Wildman–Crippen LogP) is 4.14. The normalized spacial score (nSPS) is 12.4. The summed E-state index contributed by atoms with van der Waals surface area (Å²) in [7, 11) is 0. The molecule has 2 heterocycles. The number of hydrogen-bond donors (Lipinski definition) is 2. The number of rotatable bonds is 7. The molecule has 0 bridgehead atoms. The van der Waals surface area contributed by atoms with Gasteiger partial charge in [-0.05, 0) is 41.8 Å². The second kappa shape index (κ2) is 7.73. The Bertz CT molecular complexity index is 731. The molecule has 2 N–H and O–H groups in total. The number of carbonyl (C=O) groups excluding carboxylic acids is 1. The third-order valence-corrected chi connectivity index (χ3v) is 5.83. The Morgan fingerprint density at radius 3 is 2.87 bits per heavy atom. The number of aryl methyl sites for hydroxylation is 1. The van der Waals surface area contributed by atoms with Gasteiger partial charge in [-0.15, -0.1) is 22.7 Å². The van der Waals surface area contributed by atoms with Crippen LogP contribution in [0.25, 0.3) is 10.1 Å². The van der Waals surface area contributed by atoms with Crippen molar-refractivity contribution >= 4 is 38.7 Å². The highest BCUT2D eigenvalue weighted by Crippen LogP contribution is 2.29. The molecule has 3 aromatic rings. The lowest BCUT2D eigenvalue weighted by Gasteiger charge is -2.10. The Hall–Kier alpha value is -1.69. The van der Waals surface area contributed by atoms with Crippen LogP contribution in [0.15, 0.2) is 47.8 Å². The number of fused-ring (bicyclic) bond motifs is 1. The third kappa shape index (κ3) is 4.41. The Morgan fingerprint density at radius 2 is 2.09 bits per heavy atom. The zero-order valence-corrected chi connectivity index (χ0v) is 14.3. The van der Waals surface area contributed by atoms with E-state index in [0.29, 0.717) is 6.42 Å². The first-order chi connectivity index (χ1) is 11.2. The third-order valence-electron chi connectivity index (χ3n) is 3.67. The first kappa shape index (κ1) is 16.2. The van der Waals surface area contributed by atoms with Gasteiger partial charge in [0.1, 0.15) is 6.10 Å². The Labute approximate surface area is 143 Å². The number of aliphatic hydroxyl groups excluding tert-OH is 1. The first-order valence-corrected chi connectivity index (χ1v) is 9.37. The maximum Gasteiger partial charge on any atom is 0.220 e. The molecule has 1 amide bonds. The maximum absolute atomic E-state index is 11.9. The number of thiophene rings is 2. The van der Waals surface area contributed by atoms with E-state index in [1.807, 2.05) is 36.4 Å². The van der Waals surface area contributed by atoms with Crippen molar-refractivity contribution in [2.24, 2.45) is 0 Å². The fraction of sp³-hybridized carbons (Fsp3) is 0.278. The van der Waals surface area contributed by atoms with Crippen LogP contribution in [-0.4, -0.2) is 17.6 Å². The van der Waals surface area contributed by atoms with Gasteiger partial charge in [-0.3, -0.25) is 4.79 Å². The van der Waals surface area contributed by atoms with Crippen molar-refractivity contribution in [3.8, 4) is 0 Å². The van der Waals surface area contributed by atoms with E-state index >= 15 is 0 Å².